The minimum atomic E-state index is 0.244. The number of aromatic nitrogens is 2. The third kappa shape index (κ3) is 5.96. The van der Waals surface area contributed by atoms with Gasteiger partial charge in [-0.1, -0.05) is 121 Å². The lowest BCUT2D eigenvalue weighted by Crippen LogP contribution is -2.25. The Morgan fingerprint density at radius 3 is 2.06 bits per heavy atom. The highest BCUT2D eigenvalue weighted by Crippen LogP contribution is 2.48. The number of fused-ring (bicyclic) bond motifs is 3. The minimum absolute atomic E-state index is 0.244. The van der Waals surface area contributed by atoms with Gasteiger partial charge in [0.05, 0.1) is 11.4 Å². The van der Waals surface area contributed by atoms with E-state index in [1.54, 1.807) is 0 Å². The first-order valence-corrected chi connectivity index (χ1v) is 18.1. The first-order valence-electron chi connectivity index (χ1n) is 18.1. The minimum Gasteiger partial charge on any atom is -0.256 e. The van der Waals surface area contributed by atoms with Gasteiger partial charge >= 0.3 is 0 Å². The predicted octanol–water partition coefficient (Wildman–Crippen LogP) is 12.4. The monoisotopic (exact) mass is 644 g/mol. The second-order valence-corrected chi connectivity index (χ2v) is 14.0. The summed E-state index contributed by atoms with van der Waals surface area (Å²) in [6.45, 7) is 0. The largest absolute Gasteiger partial charge is 0.256 e. The van der Waals surface area contributed by atoms with Crippen molar-refractivity contribution in [2.24, 2.45) is 11.8 Å². The molecule has 9 rings (SSSR count). The van der Waals surface area contributed by atoms with Gasteiger partial charge in [0.1, 0.15) is 0 Å². The zero-order chi connectivity index (χ0) is 33.3. The van der Waals surface area contributed by atoms with Crippen LogP contribution in [-0.2, 0) is 0 Å². The van der Waals surface area contributed by atoms with Gasteiger partial charge in [0.15, 0.2) is 0 Å². The molecule has 0 aliphatic heterocycles. The van der Waals surface area contributed by atoms with E-state index < -0.39 is 0 Å². The van der Waals surface area contributed by atoms with Crippen molar-refractivity contribution in [1.82, 2.24) is 9.97 Å². The van der Waals surface area contributed by atoms with Crippen LogP contribution < -0.4 is 0 Å². The van der Waals surface area contributed by atoms with Crippen LogP contribution in [0.5, 0.6) is 0 Å². The number of hydrogen-bond acceptors (Lipinski definition) is 2. The topological polar surface area (TPSA) is 25.8 Å². The summed E-state index contributed by atoms with van der Waals surface area (Å²) in [7, 11) is 0. The van der Waals surface area contributed by atoms with Crippen LogP contribution in [0, 0.1) is 11.8 Å². The predicted molar refractivity (Wildman–Crippen MR) is 208 cm³/mol. The Morgan fingerprint density at radius 2 is 1.28 bits per heavy atom. The van der Waals surface area contributed by atoms with E-state index in [9.17, 15) is 0 Å². The summed E-state index contributed by atoms with van der Waals surface area (Å²) in [4.78, 5) is 10.3. The molecule has 2 heteroatoms. The number of allylic oxidation sites excluding steroid dienone is 12. The zero-order valence-electron chi connectivity index (χ0n) is 28.3. The van der Waals surface area contributed by atoms with E-state index in [0.29, 0.717) is 11.8 Å². The molecule has 0 amide bonds. The number of pyridine rings is 2. The number of nitrogens with zero attached hydrogens (tertiary/aromatic N) is 2. The molecule has 242 valence electrons. The Morgan fingerprint density at radius 1 is 0.540 bits per heavy atom. The molecular formula is C48H40N2. The lowest BCUT2D eigenvalue weighted by molar-refractivity contribution is 0.383. The van der Waals surface area contributed by atoms with Crippen molar-refractivity contribution >= 4 is 5.57 Å². The van der Waals surface area contributed by atoms with Crippen LogP contribution in [0.2, 0.25) is 0 Å². The fourth-order valence-electron chi connectivity index (χ4n) is 8.28. The smallest absolute Gasteiger partial charge is 0.0711 e. The van der Waals surface area contributed by atoms with Gasteiger partial charge in [-0.15, -0.1) is 0 Å². The van der Waals surface area contributed by atoms with Crippen molar-refractivity contribution in [2.45, 2.75) is 38.0 Å². The van der Waals surface area contributed by atoms with Gasteiger partial charge in [-0.05, 0) is 119 Å². The Kier molecular flexibility index (Phi) is 8.14. The number of benzene rings is 3. The van der Waals surface area contributed by atoms with Crippen LogP contribution in [-0.4, -0.2) is 9.97 Å². The first kappa shape index (κ1) is 30.5. The summed E-state index contributed by atoms with van der Waals surface area (Å²) >= 11 is 0. The highest BCUT2D eigenvalue weighted by Gasteiger charge is 2.33. The summed E-state index contributed by atoms with van der Waals surface area (Å²) in [5, 5.41) is 0. The Labute approximate surface area is 295 Å². The van der Waals surface area contributed by atoms with Crippen LogP contribution in [0.3, 0.4) is 0 Å². The quantitative estimate of drug-likeness (QED) is 0.184. The van der Waals surface area contributed by atoms with Crippen LogP contribution in [0.25, 0.3) is 50.3 Å². The van der Waals surface area contributed by atoms with Crippen molar-refractivity contribution in [3.63, 3.8) is 0 Å². The third-order valence-corrected chi connectivity index (χ3v) is 10.9. The van der Waals surface area contributed by atoms with E-state index in [-0.39, 0.29) is 5.92 Å². The molecule has 0 radical (unpaired) electrons. The maximum Gasteiger partial charge on any atom is 0.0711 e. The summed E-state index contributed by atoms with van der Waals surface area (Å²) in [6.07, 6.45) is 28.6. The molecule has 0 bridgehead atoms. The van der Waals surface area contributed by atoms with Crippen molar-refractivity contribution in [3.8, 4) is 44.8 Å². The molecule has 4 aliphatic rings. The Hall–Kier alpha value is -5.60. The Balaban J connectivity index is 1.24. The second kappa shape index (κ2) is 13.4. The first-order chi connectivity index (χ1) is 24.8. The molecule has 0 spiro atoms. The zero-order valence-corrected chi connectivity index (χ0v) is 28.3. The van der Waals surface area contributed by atoms with E-state index in [0.717, 1.165) is 46.6 Å². The van der Waals surface area contributed by atoms with Gasteiger partial charge in [0.2, 0.25) is 0 Å². The van der Waals surface area contributed by atoms with E-state index >= 15 is 0 Å². The average Bonchev–Trinajstić information content (AvgIpc) is 3.21. The van der Waals surface area contributed by atoms with E-state index in [1.165, 1.54) is 58.2 Å². The van der Waals surface area contributed by atoms with E-state index in [2.05, 4.69) is 158 Å². The van der Waals surface area contributed by atoms with Crippen molar-refractivity contribution in [3.05, 3.63) is 186 Å². The fourth-order valence-corrected chi connectivity index (χ4v) is 8.28. The molecule has 2 heterocycles. The molecule has 50 heavy (non-hydrogen) atoms. The van der Waals surface area contributed by atoms with Gasteiger partial charge in [0, 0.05) is 34.5 Å². The lowest BCUT2D eigenvalue weighted by atomic mass is 9.67. The van der Waals surface area contributed by atoms with Gasteiger partial charge in [-0.25, -0.2) is 0 Å². The lowest BCUT2D eigenvalue weighted by Gasteiger charge is -2.37. The standard InChI is InChI=1S/C48H40N2/c1-4-14-33(15-5-1)37-24-25-46(49-32-37)41-27-38(26-40(28-41)45-29-36-20-10-11-21-42(36)43-22-12-13-23-44(43)45)39-30-47(34-16-6-2-7-17-34)50-48(31-39)35-18-8-3-9-19-35/h1-10,13-18,20,23-32,35,42-43H,11-12,19,21-22H2. The van der Waals surface area contributed by atoms with E-state index in [4.69, 9.17) is 9.97 Å². The van der Waals surface area contributed by atoms with Gasteiger partial charge < -0.3 is 0 Å². The van der Waals surface area contributed by atoms with Gasteiger partial charge in [-0.3, -0.25) is 9.97 Å². The highest BCUT2D eigenvalue weighted by molar-refractivity contribution is 5.87. The summed E-state index contributed by atoms with van der Waals surface area (Å²) in [6, 6.07) is 37.2. The van der Waals surface area contributed by atoms with Crippen molar-refractivity contribution in [1.29, 1.82) is 0 Å². The molecule has 3 aromatic carbocycles. The SMILES string of the molecule is C1=CCC(c2cc(-c3cc(C4=C5C=CCCC5C5CCC=CC5=C4)cc(-c4ccc(-c5ccccc5)cn4)c3)cc(-c3ccccc3)n2)C=C1. The van der Waals surface area contributed by atoms with Gasteiger partial charge in [0.25, 0.3) is 0 Å². The maximum atomic E-state index is 5.25. The molecule has 0 fully saturated rings. The van der Waals surface area contributed by atoms with E-state index in [1.807, 2.05) is 6.20 Å². The normalized spacial score (nSPS) is 20.7. The summed E-state index contributed by atoms with van der Waals surface area (Å²) < 4.78 is 0. The van der Waals surface area contributed by atoms with Crippen LogP contribution in [0.1, 0.15) is 49.3 Å². The average molecular weight is 645 g/mol. The van der Waals surface area contributed by atoms with Crippen molar-refractivity contribution in [2.75, 3.05) is 0 Å². The molecule has 3 atom stereocenters. The highest BCUT2D eigenvalue weighted by atomic mass is 14.7. The van der Waals surface area contributed by atoms with Crippen LogP contribution in [0.15, 0.2) is 175 Å². The third-order valence-electron chi connectivity index (χ3n) is 10.9. The van der Waals surface area contributed by atoms with Crippen LogP contribution >= 0.6 is 0 Å². The molecule has 0 saturated heterocycles. The molecule has 5 aromatic rings. The summed E-state index contributed by atoms with van der Waals surface area (Å²) in [5.41, 5.74) is 15.6. The molecule has 2 aromatic heterocycles. The second-order valence-electron chi connectivity index (χ2n) is 14.0. The summed E-state index contributed by atoms with van der Waals surface area (Å²) in [5.74, 6) is 1.43. The molecule has 4 aliphatic carbocycles. The molecule has 2 nitrogen and oxygen atoms in total. The molecule has 3 unspecified atom stereocenters. The van der Waals surface area contributed by atoms with Crippen LogP contribution in [0.4, 0.5) is 0 Å². The molecule has 0 saturated carbocycles. The Bertz CT molecular complexity index is 2230. The number of rotatable bonds is 6. The fraction of sp³-hybridized carbons (Fsp3) is 0.167. The van der Waals surface area contributed by atoms with Crippen molar-refractivity contribution < 1.29 is 0 Å². The van der Waals surface area contributed by atoms with Gasteiger partial charge in [-0.2, -0.15) is 0 Å². The molecular weight excluding hydrogens is 605 g/mol. The molecule has 0 N–H and O–H groups in total. The maximum absolute atomic E-state index is 5.25. The number of hydrogen-bond donors (Lipinski definition) is 0.